The van der Waals surface area contributed by atoms with E-state index in [9.17, 15) is 9.59 Å². The molecule has 1 fully saturated rings. The molecule has 1 amide bonds. The van der Waals surface area contributed by atoms with Gasteiger partial charge < -0.3 is 11.1 Å². The summed E-state index contributed by atoms with van der Waals surface area (Å²) in [5.74, 6) is -0.0729. The third kappa shape index (κ3) is 3.14. The summed E-state index contributed by atoms with van der Waals surface area (Å²) in [4.78, 5) is 27.2. The van der Waals surface area contributed by atoms with E-state index in [1.54, 1.807) is 5.38 Å². The molecular weight excluding hydrogens is 250 g/mol. The van der Waals surface area contributed by atoms with Gasteiger partial charge in [-0.05, 0) is 25.7 Å². The molecule has 1 aliphatic carbocycles. The van der Waals surface area contributed by atoms with Crippen molar-refractivity contribution in [3.8, 4) is 0 Å². The van der Waals surface area contributed by atoms with Crippen molar-refractivity contribution in [1.29, 1.82) is 0 Å². The van der Waals surface area contributed by atoms with Crippen molar-refractivity contribution < 1.29 is 9.59 Å². The lowest BCUT2D eigenvalue weighted by Crippen LogP contribution is -2.32. The zero-order valence-electron chi connectivity index (χ0n) is 10.3. The van der Waals surface area contributed by atoms with Gasteiger partial charge in [0.05, 0.1) is 0 Å². The lowest BCUT2D eigenvalue weighted by atomic mass is 9.86. The number of nitrogens with two attached hydrogens (primary N) is 1. The van der Waals surface area contributed by atoms with Crippen LogP contribution in [0.15, 0.2) is 5.38 Å². The van der Waals surface area contributed by atoms with Crippen molar-refractivity contribution in [2.45, 2.75) is 38.6 Å². The summed E-state index contributed by atoms with van der Waals surface area (Å²) in [6, 6.07) is 0.234. The Kier molecular flexibility index (Phi) is 4.08. The van der Waals surface area contributed by atoms with E-state index in [4.69, 9.17) is 5.73 Å². The Bertz CT molecular complexity index is 450. The Morgan fingerprint density at radius 1 is 1.39 bits per heavy atom. The standard InChI is InChI=1S/C12H17N3O2S/c1-7(16)10-6-18-12(14-10)15-11(17)8-2-4-9(13)5-3-8/h6,8-9H,2-5,13H2,1H3,(H,14,15,17). The molecule has 0 aliphatic heterocycles. The fourth-order valence-corrected chi connectivity index (χ4v) is 2.83. The molecular formula is C12H17N3O2S. The largest absolute Gasteiger partial charge is 0.328 e. The molecule has 0 aromatic carbocycles. The van der Waals surface area contributed by atoms with Crippen LogP contribution in [0.3, 0.4) is 0 Å². The van der Waals surface area contributed by atoms with Gasteiger partial charge in [0, 0.05) is 24.3 Å². The zero-order chi connectivity index (χ0) is 13.1. The maximum atomic E-state index is 12.0. The molecule has 0 unspecified atom stereocenters. The Hall–Kier alpha value is -1.27. The molecule has 1 aliphatic rings. The van der Waals surface area contributed by atoms with Crippen LogP contribution in [0.2, 0.25) is 0 Å². The molecule has 1 saturated carbocycles. The molecule has 6 heteroatoms. The summed E-state index contributed by atoms with van der Waals surface area (Å²) in [6.45, 7) is 1.46. The first-order chi connectivity index (χ1) is 8.56. The number of ketones is 1. The molecule has 1 aromatic heterocycles. The first-order valence-electron chi connectivity index (χ1n) is 6.09. The predicted octanol–water partition coefficient (Wildman–Crippen LogP) is 1.80. The topological polar surface area (TPSA) is 85.1 Å². The third-order valence-electron chi connectivity index (χ3n) is 3.24. The minimum Gasteiger partial charge on any atom is -0.328 e. The molecule has 18 heavy (non-hydrogen) atoms. The summed E-state index contributed by atoms with van der Waals surface area (Å²) >= 11 is 1.28. The molecule has 0 atom stereocenters. The molecule has 2 rings (SSSR count). The van der Waals surface area contributed by atoms with Gasteiger partial charge in [-0.3, -0.25) is 9.59 Å². The molecule has 0 radical (unpaired) electrons. The van der Waals surface area contributed by atoms with Crippen LogP contribution in [0.4, 0.5) is 5.13 Å². The van der Waals surface area contributed by atoms with E-state index < -0.39 is 0 Å². The number of amides is 1. The number of Topliss-reactive ketones (excluding diaryl/α,β-unsaturated/α-hetero) is 1. The lowest BCUT2D eigenvalue weighted by Gasteiger charge is -2.24. The average Bonchev–Trinajstić information content (AvgIpc) is 2.78. The Labute approximate surface area is 110 Å². The zero-order valence-corrected chi connectivity index (χ0v) is 11.1. The first-order valence-corrected chi connectivity index (χ1v) is 6.97. The van der Waals surface area contributed by atoms with Crippen LogP contribution in [0.5, 0.6) is 0 Å². The van der Waals surface area contributed by atoms with Gasteiger partial charge in [0.1, 0.15) is 5.69 Å². The number of aromatic nitrogens is 1. The molecule has 5 nitrogen and oxygen atoms in total. The molecule has 0 spiro atoms. The Morgan fingerprint density at radius 3 is 2.61 bits per heavy atom. The van der Waals surface area contributed by atoms with Crippen molar-refractivity contribution in [2.24, 2.45) is 11.7 Å². The SMILES string of the molecule is CC(=O)c1csc(NC(=O)C2CCC(N)CC2)n1. The second kappa shape index (κ2) is 5.58. The number of anilines is 1. The van der Waals surface area contributed by atoms with Crippen LogP contribution >= 0.6 is 11.3 Å². The van der Waals surface area contributed by atoms with Crippen molar-refractivity contribution >= 4 is 28.2 Å². The second-order valence-corrected chi connectivity index (χ2v) is 5.55. The van der Waals surface area contributed by atoms with E-state index >= 15 is 0 Å². The number of carbonyl (C=O) groups is 2. The average molecular weight is 267 g/mol. The lowest BCUT2D eigenvalue weighted by molar-refractivity contribution is -0.120. The van der Waals surface area contributed by atoms with E-state index in [1.165, 1.54) is 18.3 Å². The van der Waals surface area contributed by atoms with Crippen LogP contribution in [0.25, 0.3) is 0 Å². The molecule has 0 bridgehead atoms. The smallest absolute Gasteiger partial charge is 0.229 e. The van der Waals surface area contributed by atoms with Gasteiger partial charge in [0.2, 0.25) is 5.91 Å². The number of rotatable bonds is 3. The number of carbonyl (C=O) groups excluding carboxylic acids is 2. The minimum absolute atomic E-state index is 0.00801. The van der Waals surface area contributed by atoms with Gasteiger partial charge in [0.15, 0.2) is 10.9 Å². The summed E-state index contributed by atoms with van der Waals surface area (Å²) in [5, 5.41) is 4.94. The van der Waals surface area contributed by atoms with Gasteiger partial charge in [-0.15, -0.1) is 11.3 Å². The summed E-state index contributed by atoms with van der Waals surface area (Å²) in [7, 11) is 0. The number of nitrogens with one attached hydrogen (secondary N) is 1. The Balaban J connectivity index is 1.92. The highest BCUT2D eigenvalue weighted by Gasteiger charge is 2.25. The van der Waals surface area contributed by atoms with Crippen molar-refractivity contribution in [1.82, 2.24) is 4.98 Å². The molecule has 3 N–H and O–H groups in total. The van der Waals surface area contributed by atoms with Crippen LogP contribution < -0.4 is 11.1 Å². The van der Waals surface area contributed by atoms with Gasteiger partial charge >= 0.3 is 0 Å². The second-order valence-electron chi connectivity index (χ2n) is 4.70. The molecule has 0 saturated heterocycles. The van der Waals surface area contributed by atoms with E-state index in [2.05, 4.69) is 10.3 Å². The monoisotopic (exact) mass is 267 g/mol. The summed E-state index contributed by atoms with van der Waals surface area (Å²) in [5.41, 5.74) is 6.21. The highest BCUT2D eigenvalue weighted by atomic mass is 32.1. The summed E-state index contributed by atoms with van der Waals surface area (Å²) < 4.78 is 0. The highest BCUT2D eigenvalue weighted by molar-refractivity contribution is 7.14. The normalized spacial score (nSPS) is 23.7. The number of thiazole rings is 1. The van der Waals surface area contributed by atoms with E-state index in [1.807, 2.05) is 0 Å². The van der Waals surface area contributed by atoms with Crippen LogP contribution in [-0.2, 0) is 4.79 Å². The van der Waals surface area contributed by atoms with E-state index in [0.29, 0.717) is 10.8 Å². The fourth-order valence-electron chi connectivity index (χ4n) is 2.08. The van der Waals surface area contributed by atoms with Crippen LogP contribution in [-0.4, -0.2) is 22.7 Å². The van der Waals surface area contributed by atoms with E-state index in [-0.39, 0.29) is 23.7 Å². The number of hydrogen-bond donors (Lipinski definition) is 2. The minimum atomic E-state index is -0.0876. The number of nitrogens with zero attached hydrogens (tertiary/aromatic N) is 1. The van der Waals surface area contributed by atoms with Crippen LogP contribution in [0.1, 0.15) is 43.1 Å². The van der Waals surface area contributed by atoms with Gasteiger partial charge in [-0.2, -0.15) is 0 Å². The number of hydrogen-bond acceptors (Lipinski definition) is 5. The predicted molar refractivity (Wildman–Crippen MR) is 70.7 cm³/mol. The highest BCUT2D eigenvalue weighted by Crippen LogP contribution is 2.25. The summed E-state index contributed by atoms with van der Waals surface area (Å²) in [6.07, 6.45) is 3.46. The molecule has 1 heterocycles. The van der Waals surface area contributed by atoms with Crippen molar-refractivity contribution in [2.75, 3.05) is 5.32 Å². The quantitative estimate of drug-likeness (QED) is 0.818. The van der Waals surface area contributed by atoms with E-state index in [0.717, 1.165) is 25.7 Å². The maximum absolute atomic E-state index is 12.0. The van der Waals surface area contributed by atoms with Crippen LogP contribution in [0, 0.1) is 5.92 Å². The van der Waals surface area contributed by atoms with Crippen molar-refractivity contribution in [3.63, 3.8) is 0 Å². The fraction of sp³-hybridized carbons (Fsp3) is 0.583. The first kappa shape index (κ1) is 13.2. The Morgan fingerprint density at radius 2 is 2.06 bits per heavy atom. The van der Waals surface area contributed by atoms with Gasteiger partial charge in [0.25, 0.3) is 0 Å². The van der Waals surface area contributed by atoms with Gasteiger partial charge in [-0.25, -0.2) is 4.98 Å². The molecule has 1 aromatic rings. The van der Waals surface area contributed by atoms with Gasteiger partial charge in [-0.1, -0.05) is 0 Å². The third-order valence-corrected chi connectivity index (χ3v) is 4.00. The molecule has 98 valence electrons. The van der Waals surface area contributed by atoms with Crippen molar-refractivity contribution in [3.05, 3.63) is 11.1 Å². The maximum Gasteiger partial charge on any atom is 0.229 e.